The van der Waals surface area contributed by atoms with Crippen LogP contribution in [0.4, 0.5) is 0 Å². The number of nitrogens with one attached hydrogen (secondary N) is 1. The Hall–Kier alpha value is -0.570. The Morgan fingerprint density at radius 1 is 1.23 bits per heavy atom. The molecule has 2 saturated heterocycles. The lowest BCUT2D eigenvalue weighted by Gasteiger charge is -2.43. The molecule has 1 spiro atoms. The largest absolute Gasteiger partial charge is 0.345 e. The summed E-state index contributed by atoms with van der Waals surface area (Å²) in [6.07, 6.45) is 6.04. The molecule has 0 aromatic carbocycles. The molecule has 2 fully saturated rings. The molecule has 2 aliphatic heterocycles. The van der Waals surface area contributed by atoms with Crippen molar-refractivity contribution in [3.63, 3.8) is 0 Å². The first-order valence-corrected chi connectivity index (χ1v) is 5.25. The predicted molar refractivity (Wildman–Crippen MR) is 51.4 cm³/mol. The summed E-state index contributed by atoms with van der Waals surface area (Å²) in [5.74, 6) is 0. The van der Waals surface area contributed by atoms with Crippen molar-refractivity contribution in [3.05, 3.63) is 0 Å². The van der Waals surface area contributed by atoms with Gasteiger partial charge in [-0.05, 0) is 37.6 Å². The maximum Gasteiger partial charge on any atom is 0.209 e. The van der Waals surface area contributed by atoms with Gasteiger partial charge >= 0.3 is 0 Å². The van der Waals surface area contributed by atoms with Crippen molar-refractivity contribution in [2.24, 2.45) is 5.41 Å². The molecule has 0 unspecified atom stereocenters. The highest BCUT2D eigenvalue weighted by Gasteiger charge is 2.35. The van der Waals surface area contributed by atoms with Crippen LogP contribution in [-0.2, 0) is 4.79 Å². The fourth-order valence-corrected chi connectivity index (χ4v) is 2.56. The van der Waals surface area contributed by atoms with Crippen LogP contribution in [0.25, 0.3) is 0 Å². The van der Waals surface area contributed by atoms with Crippen LogP contribution in [0, 0.1) is 5.41 Å². The standard InChI is InChI=1S/C10H18N2O/c13-9-12-6-3-10(4-7-12)2-1-5-11-8-10/h9,11H,1-8H2. The molecule has 0 saturated carbocycles. The quantitative estimate of drug-likeness (QED) is 0.603. The van der Waals surface area contributed by atoms with Crippen LogP contribution in [0.1, 0.15) is 25.7 Å². The summed E-state index contributed by atoms with van der Waals surface area (Å²) in [5.41, 5.74) is 0.526. The normalized spacial score (nSPS) is 27.5. The van der Waals surface area contributed by atoms with Gasteiger partial charge in [0.05, 0.1) is 0 Å². The van der Waals surface area contributed by atoms with Crippen LogP contribution in [0.15, 0.2) is 0 Å². The molecule has 3 nitrogen and oxygen atoms in total. The van der Waals surface area contributed by atoms with Crippen molar-refractivity contribution in [1.82, 2.24) is 10.2 Å². The van der Waals surface area contributed by atoms with Gasteiger partial charge in [-0.2, -0.15) is 0 Å². The Balaban J connectivity index is 1.91. The van der Waals surface area contributed by atoms with Crippen molar-refractivity contribution < 1.29 is 4.79 Å². The van der Waals surface area contributed by atoms with E-state index in [1.807, 2.05) is 4.90 Å². The lowest BCUT2D eigenvalue weighted by Crippen LogP contribution is -2.47. The van der Waals surface area contributed by atoms with Crippen LogP contribution >= 0.6 is 0 Å². The Labute approximate surface area is 79.5 Å². The molecule has 3 heteroatoms. The summed E-state index contributed by atoms with van der Waals surface area (Å²) in [6, 6.07) is 0. The second kappa shape index (κ2) is 3.66. The predicted octanol–water partition coefficient (Wildman–Crippen LogP) is 0.608. The van der Waals surface area contributed by atoms with Gasteiger partial charge in [0.25, 0.3) is 0 Å². The second-order valence-corrected chi connectivity index (χ2v) is 4.42. The van der Waals surface area contributed by atoms with Crippen LogP contribution in [-0.4, -0.2) is 37.5 Å². The molecule has 0 aromatic heterocycles. The van der Waals surface area contributed by atoms with E-state index in [4.69, 9.17) is 0 Å². The Morgan fingerprint density at radius 2 is 2.00 bits per heavy atom. The summed E-state index contributed by atoms with van der Waals surface area (Å²) in [5, 5.41) is 3.47. The van der Waals surface area contributed by atoms with E-state index in [2.05, 4.69) is 5.32 Å². The molecule has 0 radical (unpaired) electrons. The summed E-state index contributed by atoms with van der Waals surface area (Å²) < 4.78 is 0. The summed E-state index contributed by atoms with van der Waals surface area (Å²) in [6.45, 7) is 4.27. The fraction of sp³-hybridized carbons (Fsp3) is 0.900. The van der Waals surface area contributed by atoms with Gasteiger partial charge in [-0.25, -0.2) is 0 Å². The Morgan fingerprint density at radius 3 is 2.54 bits per heavy atom. The van der Waals surface area contributed by atoms with E-state index in [0.29, 0.717) is 5.41 Å². The Bertz CT molecular complexity index is 177. The zero-order chi connectivity index (χ0) is 9.15. The van der Waals surface area contributed by atoms with Crippen LogP contribution < -0.4 is 5.32 Å². The molecule has 2 heterocycles. The third-order valence-electron chi connectivity index (χ3n) is 3.57. The number of carbonyl (C=O) groups is 1. The van der Waals surface area contributed by atoms with Crippen LogP contribution in [0.2, 0.25) is 0 Å². The van der Waals surface area contributed by atoms with Crippen molar-refractivity contribution in [1.29, 1.82) is 0 Å². The van der Waals surface area contributed by atoms with Gasteiger partial charge in [0.1, 0.15) is 0 Å². The van der Waals surface area contributed by atoms with E-state index in [0.717, 1.165) is 19.5 Å². The summed E-state index contributed by atoms with van der Waals surface area (Å²) in [7, 11) is 0. The van der Waals surface area contributed by atoms with Crippen LogP contribution in [0.5, 0.6) is 0 Å². The van der Waals surface area contributed by atoms with Gasteiger partial charge < -0.3 is 10.2 Å². The number of hydrogen-bond acceptors (Lipinski definition) is 2. The lowest BCUT2D eigenvalue weighted by molar-refractivity contribution is -0.120. The number of rotatable bonds is 1. The molecule has 13 heavy (non-hydrogen) atoms. The number of likely N-dealkylation sites (tertiary alicyclic amines) is 1. The molecule has 74 valence electrons. The van der Waals surface area contributed by atoms with Gasteiger partial charge in [-0.15, -0.1) is 0 Å². The maximum absolute atomic E-state index is 10.5. The zero-order valence-corrected chi connectivity index (χ0v) is 8.09. The molecule has 0 bridgehead atoms. The van der Waals surface area contributed by atoms with Gasteiger partial charge in [-0.3, -0.25) is 4.79 Å². The van der Waals surface area contributed by atoms with Gasteiger partial charge in [0, 0.05) is 19.6 Å². The minimum Gasteiger partial charge on any atom is -0.345 e. The van der Waals surface area contributed by atoms with E-state index in [-0.39, 0.29) is 0 Å². The van der Waals surface area contributed by atoms with Crippen molar-refractivity contribution in [2.75, 3.05) is 26.2 Å². The fourth-order valence-electron chi connectivity index (χ4n) is 2.56. The first kappa shape index (κ1) is 9.00. The van der Waals surface area contributed by atoms with Crippen molar-refractivity contribution >= 4 is 6.41 Å². The number of amides is 1. The van der Waals surface area contributed by atoms with Gasteiger partial charge in [-0.1, -0.05) is 0 Å². The molecular weight excluding hydrogens is 164 g/mol. The minimum atomic E-state index is 0.526. The number of carbonyl (C=O) groups excluding carboxylic acids is 1. The molecule has 2 aliphatic rings. The average molecular weight is 182 g/mol. The van der Waals surface area contributed by atoms with E-state index >= 15 is 0 Å². The molecule has 1 N–H and O–H groups in total. The molecule has 2 rings (SSSR count). The van der Waals surface area contributed by atoms with E-state index in [1.165, 1.54) is 38.8 Å². The summed E-state index contributed by atoms with van der Waals surface area (Å²) in [4.78, 5) is 12.4. The number of nitrogens with zero attached hydrogens (tertiary/aromatic N) is 1. The third kappa shape index (κ3) is 1.85. The van der Waals surface area contributed by atoms with E-state index < -0.39 is 0 Å². The minimum absolute atomic E-state index is 0.526. The molecule has 0 aliphatic carbocycles. The zero-order valence-electron chi connectivity index (χ0n) is 8.09. The number of piperidine rings is 2. The van der Waals surface area contributed by atoms with Gasteiger partial charge in [0.2, 0.25) is 6.41 Å². The van der Waals surface area contributed by atoms with E-state index in [1.54, 1.807) is 0 Å². The SMILES string of the molecule is O=CN1CCC2(CCCNC2)CC1. The highest BCUT2D eigenvalue weighted by molar-refractivity contribution is 5.47. The monoisotopic (exact) mass is 182 g/mol. The first-order valence-electron chi connectivity index (χ1n) is 5.25. The second-order valence-electron chi connectivity index (χ2n) is 4.42. The first-order chi connectivity index (χ1) is 6.35. The molecule has 0 atom stereocenters. The van der Waals surface area contributed by atoms with Crippen molar-refractivity contribution in [2.45, 2.75) is 25.7 Å². The number of hydrogen-bond donors (Lipinski definition) is 1. The van der Waals surface area contributed by atoms with Crippen molar-refractivity contribution in [3.8, 4) is 0 Å². The Kier molecular flexibility index (Phi) is 2.54. The smallest absolute Gasteiger partial charge is 0.209 e. The summed E-state index contributed by atoms with van der Waals surface area (Å²) >= 11 is 0. The lowest BCUT2D eigenvalue weighted by atomic mass is 9.73. The van der Waals surface area contributed by atoms with E-state index in [9.17, 15) is 4.79 Å². The topological polar surface area (TPSA) is 32.3 Å². The van der Waals surface area contributed by atoms with Crippen LogP contribution in [0.3, 0.4) is 0 Å². The third-order valence-corrected chi connectivity index (χ3v) is 3.57. The van der Waals surface area contributed by atoms with Gasteiger partial charge in [0.15, 0.2) is 0 Å². The molecule has 1 amide bonds. The highest BCUT2D eigenvalue weighted by Crippen LogP contribution is 2.36. The highest BCUT2D eigenvalue weighted by atomic mass is 16.1. The molecular formula is C10H18N2O. The maximum atomic E-state index is 10.5. The average Bonchev–Trinajstić information content (AvgIpc) is 2.20. The molecule has 0 aromatic rings.